The van der Waals surface area contributed by atoms with Crippen molar-refractivity contribution in [3.8, 4) is 0 Å². The van der Waals surface area contributed by atoms with Crippen LogP contribution in [0.4, 0.5) is 5.69 Å². The van der Waals surface area contributed by atoms with Crippen molar-refractivity contribution in [1.29, 1.82) is 5.41 Å². The maximum atomic E-state index is 13.4. The van der Waals surface area contributed by atoms with Crippen molar-refractivity contribution in [3.05, 3.63) is 104 Å². The topological polar surface area (TPSA) is 64.4 Å². The smallest absolute Gasteiger partial charge is 0.161 e. The van der Waals surface area contributed by atoms with E-state index >= 15 is 0 Å². The average Bonchev–Trinajstić information content (AvgIpc) is 3.34. The van der Waals surface area contributed by atoms with Gasteiger partial charge in [-0.3, -0.25) is 15.1 Å². The molecule has 6 heteroatoms. The van der Waals surface area contributed by atoms with E-state index < -0.39 is 5.92 Å². The summed E-state index contributed by atoms with van der Waals surface area (Å²) in [5.41, 5.74) is 4.44. The zero-order valence-corrected chi connectivity index (χ0v) is 19.7. The van der Waals surface area contributed by atoms with Crippen LogP contribution in [-0.4, -0.2) is 16.7 Å². The lowest BCUT2D eigenvalue weighted by atomic mass is 9.75. The Labute approximate surface area is 202 Å². The number of allylic oxidation sites excluding steroid dienone is 2. The van der Waals surface area contributed by atoms with Gasteiger partial charge in [-0.1, -0.05) is 35.9 Å². The highest BCUT2D eigenvalue weighted by atomic mass is 35.5. The number of carbonyl (C=O) groups excluding carboxylic acids is 1. The molecule has 0 fully saturated rings. The lowest BCUT2D eigenvalue weighted by molar-refractivity contribution is -0.116. The number of benzene rings is 2. The molecule has 2 aromatic carbocycles. The van der Waals surface area contributed by atoms with Crippen molar-refractivity contribution in [2.45, 2.75) is 32.1 Å². The fraction of sp³-hybridized carbons (Fsp3) is 0.185. The van der Waals surface area contributed by atoms with E-state index in [-0.39, 0.29) is 17.4 Å². The summed E-state index contributed by atoms with van der Waals surface area (Å²) in [5, 5.41) is 23.4. The zero-order valence-electron chi connectivity index (χ0n) is 18.1. The van der Waals surface area contributed by atoms with Crippen molar-refractivity contribution in [2.24, 2.45) is 0 Å². The summed E-state index contributed by atoms with van der Waals surface area (Å²) in [4.78, 5) is 16.2. The van der Waals surface area contributed by atoms with Gasteiger partial charge in [0.1, 0.15) is 11.6 Å². The molecule has 5 rings (SSSR count). The summed E-state index contributed by atoms with van der Waals surface area (Å²) in [5.74, 6) is -0.194. The minimum absolute atomic E-state index is 0.00132. The van der Waals surface area contributed by atoms with Crippen LogP contribution in [0, 0.1) is 12.3 Å². The van der Waals surface area contributed by atoms with Gasteiger partial charge in [0.15, 0.2) is 5.78 Å². The molecule has 2 aliphatic rings. The largest absolute Gasteiger partial charge is 0.507 e. The van der Waals surface area contributed by atoms with Crippen LogP contribution in [-0.2, 0) is 4.79 Å². The van der Waals surface area contributed by atoms with Crippen LogP contribution >= 0.6 is 22.9 Å². The molecule has 4 nitrogen and oxygen atoms in total. The van der Waals surface area contributed by atoms with E-state index in [0.29, 0.717) is 34.6 Å². The predicted molar refractivity (Wildman–Crippen MR) is 135 cm³/mol. The molecule has 0 saturated heterocycles. The summed E-state index contributed by atoms with van der Waals surface area (Å²) in [7, 11) is 0. The first-order valence-corrected chi connectivity index (χ1v) is 12.2. The van der Waals surface area contributed by atoms with Crippen LogP contribution in [0.15, 0.2) is 82.9 Å². The fourth-order valence-corrected chi connectivity index (χ4v) is 5.74. The van der Waals surface area contributed by atoms with E-state index in [1.165, 1.54) is 0 Å². The fourth-order valence-electron chi connectivity index (χ4n) is 4.78. The first-order chi connectivity index (χ1) is 16.0. The standard InChI is InChI=1S/C27H23ClN2O2S/c1-16-6-2-3-7-19(16)30-20-8-4-9-21(31)23(20)24(22-10-5-15-33-22)25(27(30)29)26(32)17-11-13-18(28)14-12-17/h2-3,5-7,10-15,24,29,32H,4,8-9H2,1H3/b26-25+,29-27?. The van der Waals surface area contributed by atoms with Crippen LogP contribution < -0.4 is 4.90 Å². The number of halogens is 1. The third-order valence-electron chi connectivity index (χ3n) is 6.31. The second-order valence-corrected chi connectivity index (χ2v) is 9.74. The number of ketones is 1. The molecule has 3 aromatic rings. The number of nitrogens with one attached hydrogen (secondary N) is 1. The third kappa shape index (κ3) is 3.71. The quantitative estimate of drug-likeness (QED) is 0.392. The van der Waals surface area contributed by atoms with Gasteiger partial charge in [-0.15, -0.1) is 11.3 Å². The molecular weight excluding hydrogens is 452 g/mol. The number of thiophene rings is 1. The number of aliphatic hydroxyl groups excluding tert-OH is 1. The van der Waals surface area contributed by atoms with Gasteiger partial charge in [0.25, 0.3) is 0 Å². The summed E-state index contributed by atoms with van der Waals surface area (Å²) >= 11 is 7.61. The summed E-state index contributed by atoms with van der Waals surface area (Å²) < 4.78 is 0. The molecule has 1 unspecified atom stereocenters. The summed E-state index contributed by atoms with van der Waals surface area (Å²) in [6.07, 6.45) is 1.95. The van der Waals surface area contributed by atoms with Crippen molar-refractivity contribution in [1.82, 2.24) is 0 Å². The molecule has 1 aliphatic carbocycles. The number of hydrogen-bond acceptors (Lipinski definition) is 4. The van der Waals surface area contributed by atoms with E-state index in [2.05, 4.69) is 0 Å². The highest BCUT2D eigenvalue weighted by Crippen LogP contribution is 2.49. The van der Waals surface area contributed by atoms with E-state index in [4.69, 9.17) is 11.6 Å². The van der Waals surface area contributed by atoms with Crippen LogP contribution in [0.25, 0.3) is 5.76 Å². The van der Waals surface area contributed by atoms with Gasteiger partial charge in [-0.05, 0) is 67.1 Å². The van der Waals surface area contributed by atoms with Gasteiger partial charge < -0.3 is 5.11 Å². The molecule has 0 amide bonds. The molecular formula is C27H23ClN2O2S. The number of carbonyl (C=O) groups is 1. The number of amidine groups is 1. The van der Waals surface area contributed by atoms with Crippen molar-refractivity contribution < 1.29 is 9.90 Å². The second kappa shape index (κ2) is 8.65. The van der Waals surface area contributed by atoms with Crippen LogP contribution in [0.1, 0.15) is 41.2 Å². The van der Waals surface area contributed by atoms with Crippen LogP contribution in [0.3, 0.4) is 0 Å². The molecule has 0 bridgehead atoms. The minimum atomic E-state index is -0.476. The number of para-hydroxylation sites is 1. The molecule has 2 heterocycles. The van der Waals surface area contributed by atoms with Gasteiger partial charge in [0.05, 0.1) is 17.2 Å². The Kier molecular flexibility index (Phi) is 5.69. The monoisotopic (exact) mass is 474 g/mol. The second-order valence-electron chi connectivity index (χ2n) is 8.33. The third-order valence-corrected chi connectivity index (χ3v) is 7.50. The van der Waals surface area contributed by atoms with Crippen molar-refractivity contribution >= 4 is 46.0 Å². The first kappa shape index (κ1) is 21.7. The molecule has 2 N–H and O–H groups in total. The Hall–Kier alpha value is -3.15. The Morgan fingerprint density at radius 3 is 2.55 bits per heavy atom. The summed E-state index contributed by atoms with van der Waals surface area (Å²) in [6.45, 7) is 2.00. The van der Waals surface area contributed by atoms with E-state index in [9.17, 15) is 15.3 Å². The van der Waals surface area contributed by atoms with Crippen molar-refractivity contribution in [2.75, 3.05) is 4.90 Å². The van der Waals surface area contributed by atoms with E-state index in [1.807, 2.05) is 53.6 Å². The number of aliphatic hydroxyl groups is 1. The number of Topliss-reactive ketones (excluding diaryl/α,β-unsaturated/α-hetero) is 1. The Morgan fingerprint density at radius 1 is 1.09 bits per heavy atom. The highest BCUT2D eigenvalue weighted by Gasteiger charge is 2.43. The van der Waals surface area contributed by atoms with Crippen LogP contribution in [0.2, 0.25) is 5.02 Å². The minimum Gasteiger partial charge on any atom is -0.507 e. The van der Waals surface area contributed by atoms with Gasteiger partial charge in [0.2, 0.25) is 0 Å². The Balaban J connectivity index is 1.83. The number of anilines is 1. The first-order valence-electron chi connectivity index (χ1n) is 10.9. The molecule has 1 aromatic heterocycles. The zero-order chi connectivity index (χ0) is 23.1. The van der Waals surface area contributed by atoms with E-state index in [0.717, 1.165) is 28.2 Å². The summed E-state index contributed by atoms with van der Waals surface area (Å²) in [6, 6.07) is 18.7. The van der Waals surface area contributed by atoms with Gasteiger partial charge >= 0.3 is 0 Å². The lowest BCUT2D eigenvalue weighted by Crippen LogP contribution is -2.42. The van der Waals surface area contributed by atoms with Crippen LogP contribution in [0.5, 0.6) is 0 Å². The maximum Gasteiger partial charge on any atom is 0.161 e. The van der Waals surface area contributed by atoms with Gasteiger partial charge in [-0.25, -0.2) is 0 Å². The molecule has 1 atom stereocenters. The number of hydrogen-bond donors (Lipinski definition) is 2. The molecule has 166 valence electrons. The normalized spacial score (nSPS) is 20.2. The highest BCUT2D eigenvalue weighted by molar-refractivity contribution is 7.10. The number of aryl methyl sites for hydroxylation is 1. The molecule has 1 aliphatic heterocycles. The van der Waals surface area contributed by atoms with Gasteiger partial charge in [0, 0.05) is 33.2 Å². The number of nitrogens with zero attached hydrogens (tertiary/aromatic N) is 1. The van der Waals surface area contributed by atoms with Crippen molar-refractivity contribution in [3.63, 3.8) is 0 Å². The maximum absolute atomic E-state index is 13.4. The molecule has 0 saturated carbocycles. The molecule has 0 radical (unpaired) electrons. The SMILES string of the molecule is Cc1ccccc1N1C(=N)/C(=C(/O)c2ccc(Cl)cc2)C(c2cccs2)C2=C1CCCC2=O. The number of rotatable bonds is 3. The average molecular weight is 475 g/mol. The van der Waals surface area contributed by atoms with E-state index in [1.54, 1.807) is 35.6 Å². The molecule has 33 heavy (non-hydrogen) atoms. The lowest BCUT2D eigenvalue weighted by Gasteiger charge is -2.41. The Morgan fingerprint density at radius 2 is 1.85 bits per heavy atom. The Bertz CT molecular complexity index is 1310. The predicted octanol–water partition coefficient (Wildman–Crippen LogP) is 7.27. The molecule has 0 spiro atoms. The van der Waals surface area contributed by atoms with Gasteiger partial charge in [-0.2, -0.15) is 0 Å².